The third-order valence-corrected chi connectivity index (χ3v) is 12.6. The number of unbranched alkanes of at least 4 members (excludes halogenated alkanes) is 4. The fraction of sp³-hybridized carbons (Fsp3) is 0.652. The van der Waals surface area contributed by atoms with Crippen LogP contribution in [0.3, 0.4) is 0 Å². The maximum atomic E-state index is 13.3. The van der Waals surface area contributed by atoms with Gasteiger partial charge < -0.3 is 4.74 Å². The van der Waals surface area contributed by atoms with Gasteiger partial charge in [-0.05, 0) is 122 Å². The molecule has 2 saturated carbocycles. The molecule has 51 heavy (non-hydrogen) atoms. The van der Waals surface area contributed by atoms with E-state index in [0.717, 1.165) is 66.9 Å². The fourth-order valence-corrected chi connectivity index (χ4v) is 9.19. The highest BCUT2D eigenvalue weighted by molar-refractivity contribution is 5.61. The zero-order chi connectivity index (χ0) is 36.1. The van der Waals surface area contributed by atoms with Gasteiger partial charge in [-0.25, -0.2) is 4.39 Å². The summed E-state index contributed by atoms with van der Waals surface area (Å²) in [4.78, 5) is 0. The summed E-state index contributed by atoms with van der Waals surface area (Å²) in [6.45, 7) is 4.59. The Bertz CT molecular complexity index is 1400. The van der Waals surface area contributed by atoms with E-state index in [4.69, 9.17) is 0 Å². The molecule has 0 aliphatic heterocycles. The van der Waals surface area contributed by atoms with E-state index in [-0.39, 0.29) is 11.6 Å². The van der Waals surface area contributed by atoms with Crippen molar-refractivity contribution in [1.82, 2.24) is 0 Å². The highest BCUT2D eigenvalue weighted by Gasteiger charge is 2.31. The Labute approximate surface area is 306 Å². The molecule has 2 aromatic carbocycles. The van der Waals surface area contributed by atoms with Gasteiger partial charge >= 0.3 is 6.36 Å². The molecule has 0 amide bonds. The highest BCUT2D eigenvalue weighted by atomic mass is 19.4. The van der Waals surface area contributed by atoms with E-state index in [0.29, 0.717) is 0 Å². The minimum atomic E-state index is -4.62. The lowest BCUT2D eigenvalue weighted by Crippen LogP contribution is -2.17. The van der Waals surface area contributed by atoms with Gasteiger partial charge in [0.15, 0.2) is 0 Å². The number of allylic oxidation sites excluding steroid dienone is 2. The zero-order valence-corrected chi connectivity index (χ0v) is 31.6. The summed E-state index contributed by atoms with van der Waals surface area (Å²) < 4.78 is 54.3. The maximum absolute atomic E-state index is 13.3. The lowest BCUT2D eigenvalue weighted by molar-refractivity contribution is -0.274. The van der Waals surface area contributed by atoms with Crippen molar-refractivity contribution in [3.63, 3.8) is 0 Å². The third-order valence-electron chi connectivity index (χ3n) is 12.6. The number of hydrogen-bond donors (Lipinski definition) is 0. The van der Waals surface area contributed by atoms with Crippen LogP contribution in [0.1, 0.15) is 171 Å². The van der Waals surface area contributed by atoms with Crippen molar-refractivity contribution in [1.29, 1.82) is 0 Å². The highest BCUT2D eigenvalue weighted by Crippen LogP contribution is 2.38. The molecule has 2 fully saturated rings. The largest absolute Gasteiger partial charge is 0.573 e. The third kappa shape index (κ3) is 13.4. The summed E-state index contributed by atoms with van der Waals surface area (Å²) in [5.74, 6) is 3.54. The molecule has 0 N–H and O–H groups in total. The molecule has 2 aromatic rings. The van der Waals surface area contributed by atoms with Crippen molar-refractivity contribution in [2.75, 3.05) is 0 Å². The predicted molar refractivity (Wildman–Crippen MR) is 205 cm³/mol. The van der Waals surface area contributed by atoms with Crippen LogP contribution in [-0.2, 0) is 12.8 Å². The fourth-order valence-electron chi connectivity index (χ4n) is 9.19. The molecule has 0 bridgehead atoms. The molecule has 0 spiro atoms. The summed E-state index contributed by atoms with van der Waals surface area (Å²) in [6, 6.07) is 9.96. The molecule has 0 aromatic heterocycles. The number of halogens is 4. The monoisotopic (exact) mass is 708 g/mol. The average molecular weight is 709 g/mol. The van der Waals surface area contributed by atoms with Gasteiger partial charge in [0.1, 0.15) is 11.6 Å². The number of benzene rings is 2. The van der Waals surface area contributed by atoms with Gasteiger partial charge in [-0.15, -0.1) is 13.2 Å². The van der Waals surface area contributed by atoms with Gasteiger partial charge in [0.2, 0.25) is 0 Å². The Balaban J connectivity index is 0.000000198. The Hall–Kier alpha value is -2.56. The van der Waals surface area contributed by atoms with Crippen LogP contribution < -0.4 is 4.74 Å². The molecular weight excluding hydrogens is 644 g/mol. The summed E-state index contributed by atoms with van der Waals surface area (Å²) in [5, 5.41) is 0. The van der Waals surface area contributed by atoms with Crippen LogP contribution in [-0.4, -0.2) is 6.36 Å². The van der Waals surface area contributed by atoms with Crippen LogP contribution in [0.2, 0.25) is 0 Å². The first-order valence-corrected chi connectivity index (χ1v) is 20.7. The van der Waals surface area contributed by atoms with Crippen LogP contribution in [0.5, 0.6) is 5.75 Å². The van der Waals surface area contributed by atoms with E-state index in [2.05, 4.69) is 30.7 Å². The number of ether oxygens (including phenoxy) is 1. The van der Waals surface area contributed by atoms with E-state index < -0.39 is 6.36 Å². The number of rotatable bonds is 14. The second-order valence-electron chi connectivity index (χ2n) is 16.3. The molecule has 0 unspecified atom stereocenters. The van der Waals surface area contributed by atoms with Crippen LogP contribution in [0, 0.1) is 29.5 Å². The topological polar surface area (TPSA) is 9.23 Å². The van der Waals surface area contributed by atoms with E-state index in [1.807, 2.05) is 6.07 Å². The minimum absolute atomic E-state index is 0.0947. The van der Waals surface area contributed by atoms with Gasteiger partial charge in [-0.3, -0.25) is 0 Å². The van der Waals surface area contributed by atoms with Crippen molar-refractivity contribution in [2.24, 2.45) is 23.7 Å². The predicted octanol–water partition coefficient (Wildman–Crippen LogP) is 15.0. The quantitative estimate of drug-likeness (QED) is 0.140. The lowest BCUT2D eigenvalue weighted by Gasteiger charge is -2.29. The molecule has 0 atom stereocenters. The molecule has 1 nitrogen and oxygen atoms in total. The molecule has 4 aliphatic carbocycles. The second kappa shape index (κ2) is 20.0. The molecule has 0 heterocycles. The SMILES string of the molecule is CCC1CCC(CCC2=Cc3ccc(OC(F)(F)F)cc3CC2)CC1.CCCCCCCC1CCC(CCC2=Cc3ccc(F)cc3CC2)CC1. The Kier molecular flexibility index (Phi) is 15.6. The minimum Gasteiger partial charge on any atom is -0.406 e. The van der Waals surface area contributed by atoms with Crippen LogP contribution in [0.15, 0.2) is 47.5 Å². The van der Waals surface area contributed by atoms with Crippen molar-refractivity contribution < 1.29 is 22.3 Å². The van der Waals surface area contributed by atoms with Crippen molar-refractivity contribution in [3.05, 3.63) is 75.6 Å². The first-order chi connectivity index (χ1) is 24.7. The number of fused-ring (bicyclic) bond motifs is 2. The standard InChI is InChI=1S/C25H37F.C21H27F3O/c1-2-3-4-5-6-7-20-8-10-21(11-9-20)12-13-22-14-15-24-19-25(26)17-16-23(24)18-22;1-2-15-3-5-16(6-4-15)7-8-17-9-10-19-14-20(25-21(22,23)24)12-11-18(19)13-17/h16-21H,2-15H2,1H3;11-16H,2-10H2,1H3. The normalized spacial score (nSPS) is 23.3. The molecule has 5 heteroatoms. The number of alkyl halides is 3. The lowest BCUT2D eigenvalue weighted by atomic mass is 9.77. The molecular formula is C46H64F4O. The van der Waals surface area contributed by atoms with Crippen molar-refractivity contribution in [3.8, 4) is 5.75 Å². The van der Waals surface area contributed by atoms with Crippen LogP contribution in [0.4, 0.5) is 17.6 Å². The second-order valence-corrected chi connectivity index (χ2v) is 16.3. The molecule has 282 valence electrons. The summed E-state index contributed by atoms with van der Waals surface area (Å²) in [7, 11) is 0. The first kappa shape index (κ1) is 39.6. The van der Waals surface area contributed by atoms with E-state index >= 15 is 0 Å². The molecule has 4 aliphatic rings. The van der Waals surface area contributed by atoms with Gasteiger partial charge in [-0.2, -0.15) is 0 Å². The summed E-state index contributed by atoms with van der Waals surface area (Å²) in [5.41, 5.74) is 7.46. The van der Waals surface area contributed by atoms with Gasteiger partial charge in [0.05, 0.1) is 0 Å². The van der Waals surface area contributed by atoms with E-state index in [1.54, 1.807) is 23.8 Å². The number of aryl methyl sites for hydroxylation is 2. The Morgan fingerprint density at radius 3 is 1.65 bits per heavy atom. The maximum Gasteiger partial charge on any atom is 0.573 e. The first-order valence-electron chi connectivity index (χ1n) is 20.7. The van der Waals surface area contributed by atoms with Crippen LogP contribution in [0.25, 0.3) is 12.2 Å². The molecule has 0 radical (unpaired) electrons. The summed E-state index contributed by atoms with van der Waals surface area (Å²) >= 11 is 0. The Morgan fingerprint density at radius 2 is 1.10 bits per heavy atom. The smallest absolute Gasteiger partial charge is 0.406 e. The van der Waals surface area contributed by atoms with Crippen molar-refractivity contribution >= 4 is 12.2 Å². The van der Waals surface area contributed by atoms with Gasteiger partial charge in [0.25, 0.3) is 0 Å². The average Bonchev–Trinajstić information content (AvgIpc) is 3.13. The van der Waals surface area contributed by atoms with Crippen LogP contribution >= 0.6 is 0 Å². The summed E-state index contributed by atoms with van der Waals surface area (Å²) in [6.07, 6.45) is 30.0. The Morgan fingerprint density at radius 1 is 0.588 bits per heavy atom. The van der Waals surface area contributed by atoms with E-state index in [1.165, 1.54) is 144 Å². The number of hydrogen-bond acceptors (Lipinski definition) is 1. The van der Waals surface area contributed by atoms with E-state index in [9.17, 15) is 17.6 Å². The van der Waals surface area contributed by atoms with Gasteiger partial charge in [0, 0.05) is 0 Å². The molecule has 6 rings (SSSR count). The zero-order valence-electron chi connectivity index (χ0n) is 31.6. The van der Waals surface area contributed by atoms with Gasteiger partial charge in [-0.1, -0.05) is 146 Å². The van der Waals surface area contributed by atoms with Crippen molar-refractivity contribution in [2.45, 2.75) is 168 Å². The molecule has 0 saturated heterocycles.